The van der Waals surface area contributed by atoms with Gasteiger partial charge in [-0.2, -0.15) is 5.10 Å². The van der Waals surface area contributed by atoms with Crippen LogP contribution in [0.4, 0.5) is 5.69 Å². The summed E-state index contributed by atoms with van der Waals surface area (Å²) < 4.78 is 2.01. The highest BCUT2D eigenvalue weighted by molar-refractivity contribution is 6.09. The van der Waals surface area contributed by atoms with Crippen LogP contribution >= 0.6 is 0 Å². The Hall–Kier alpha value is -3.41. The van der Waals surface area contributed by atoms with Crippen LogP contribution in [0.1, 0.15) is 39.8 Å². The zero-order valence-corrected chi connectivity index (χ0v) is 18.1. The van der Waals surface area contributed by atoms with Crippen molar-refractivity contribution in [3.8, 4) is 0 Å². The van der Waals surface area contributed by atoms with E-state index < -0.39 is 0 Å². The van der Waals surface area contributed by atoms with Crippen molar-refractivity contribution in [3.05, 3.63) is 82.7 Å². The van der Waals surface area contributed by atoms with Gasteiger partial charge in [-0.25, -0.2) is 0 Å². The number of aromatic nitrogens is 2. The van der Waals surface area contributed by atoms with E-state index in [4.69, 9.17) is 0 Å². The highest BCUT2D eigenvalue weighted by atomic mass is 16.1. The minimum absolute atomic E-state index is 0.194. The Morgan fingerprint density at radius 2 is 1.83 bits per heavy atom. The monoisotopic (exact) mass is 403 g/mol. The van der Waals surface area contributed by atoms with E-state index >= 15 is 0 Å². The van der Waals surface area contributed by atoms with E-state index in [0.717, 1.165) is 29.9 Å². The number of anilines is 1. The molecule has 0 unspecified atom stereocenters. The highest BCUT2D eigenvalue weighted by Crippen LogP contribution is 2.14. The Balaban J connectivity index is 1.77. The molecule has 2 N–H and O–H groups in total. The predicted octanol–water partition coefficient (Wildman–Crippen LogP) is 4.27. The molecule has 0 atom stereocenters. The van der Waals surface area contributed by atoms with Crippen LogP contribution < -0.4 is 10.6 Å². The second-order valence-corrected chi connectivity index (χ2v) is 7.26. The van der Waals surface area contributed by atoms with Gasteiger partial charge < -0.3 is 5.32 Å². The summed E-state index contributed by atoms with van der Waals surface area (Å²) in [5.41, 5.74) is 6.02. The summed E-state index contributed by atoms with van der Waals surface area (Å²) in [5.74, 6) is 0.244. The minimum Gasteiger partial charge on any atom is -0.326 e. The number of hydrogen-bond acceptors (Lipinski definition) is 3. The van der Waals surface area contributed by atoms with Gasteiger partial charge in [-0.3, -0.25) is 19.8 Å². The summed E-state index contributed by atoms with van der Waals surface area (Å²) in [7, 11) is 0. The summed E-state index contributed by atoms with van der Waals surface area (Å²) in [5, 5.41) is 10.7. The second-order valence-electron chi connectivity index (χ2n) is 7.26. The van der Waals surface area contributed by atoms with E-state index in [1.54, 1.807) is 12.1 Å². The Kier molecular flexibility index (Phi) is 7.01. The van der Waals surface area contributed by atoms with Crippen molar-refractivity contribution in [1.29, 1.82) is 0 Å². The molecule has 156 valence electrons. The lowest BCUT2D eigenvalue weighted by Gasteiger charge is -2.12. The van der Waals surface area contributed by atoms with Crippen LogP contribution in [0, 0.1) is 20.8 Å². The summed E-state index contributed by atoms with van der Waals surface area (Å²) >= 11 is 0. The number of nitrogens with zero attached hydrogens (tertiary/aromatic N) is 3. The molecule has 3 rings (SSSR count). The van der Waals surface area contributed by atoms with Crippen molar-refractivity contribution >= 4 is 17.6 Å². The molecule has 0 saturated heterocycles. The van der Waals surface area contributed by atoms with Crippen LogP contribution in [0.25, 0.3) is 0 Å². The predicted molar refractivity (Wildman–Crippen MR) is 122 cm³/mol. The van der Waals surface area contributed by atoms with Crippen LogP contribution in [-0.2, 0) is 13.0 Å². The number of nitrogens with one attached hydrogen (secondary N) is 2. The van der Waals surface area contributed by atoms with Gasteiger partial charge in [0.2, 0.25) is 5.96 Å². The second kappa shape index (κ2) is 9.87. The summed E-state index contributed by atoms with van der Waals surface area (Å²) in [6, 6.07) is 17.1. The van der Waals surface area contributed by atoms with Crippen LogP contribution in [0.5, 0.6) is 0 Å². The van der Waals surface area contributed by atoms with E-state index in [1.165, 1.54) is 11.3 Å². The largest absolute Gasteiger partial charge is 0.326 e. The maximum Gasteiger partial charge on any atom is 0.257 e. The number of aliphatic imine (C=N–C) groups is 1. The molecule has 2 aromatic carbocycles. The lowest BCUT2D eigenvalue weighted by molar-refractivity contribution is 0.0977. The quantitative estimate of drug-likeness (QED) is 0.477. The van der Waals surface area contributed by atoms with Gasteiger partial charge in [-0.15, -0.1) is 0 Å². The van der Waals surface area contributed by atoms with Gasteiger partial charge in [0.05, 0.1) is 5.69 Å². The highest BCUT2D eigenvalue weighted by Gasteiger charge is 2.12. The number of carbonyl (C=O) groups is 1. The molecule has 1 heterocycles. The first-order valence-electron chi connectivity index (χ1n) is 10.3. The Bertz CT molecular complexity index is 1040. The fraction of sp³-hybridized carbons (Fsp3) is 0.292. The van der Waals surface area contributed by atoms with Gasteiger partial charge in [0.15, 0.2) is 0 Å². The van der Waals surface area contributed by atoms with Gasteiger partial charge in [-0.1, -0.05) is 30.3 Å². The fourth-order valence-electron chi connectivity index (χ4n) is 3.42. The average molecular weight is 404 g/mol. The third kappa shape index (κ3) is 5.35. The standard InChI is InChI=1S/C24H29N5O/c1-5-29-19(4)22(18(3)28-29)14-15-25-24(26-21-13-9-10-17(2)16-21)27-23(30)20-11-7-6-8-12-20/h6-13,16H,5,14-15H2,1-4H3,(H2,25,26,27,30). The summed E-state index contributed by atoms with van der Waals surface area (Å²) in [4.78, 5) is 17.3. The first-order chi connectivity index (χ1) is 14.5. The number of aryl methyl sites for hydroxylation is 3. The third-order valence-electron chi connectivity index (χ3n) is 5.01. The van der Waals surface area contributed by atoms with Crippen molar-refractivity contribution in [1.82, 2.24) is 15.1 Å². The minimum atomic E-state index is -0.194. The molecular weight excluding hydrogens is 374 g/mol. The van der Waals surface area contributed by atoms with E-state index in [-0.39, 0.29) is 5.91 Å². The summed E-state index contributed by atoms with van der Waals surface area (Å²) in [6.45, 7) is 9.63. The normalized spacial score (nSPS) is 11.4. The SMILES string of the molecule is CCn1nc(C)c(CCN=C(NC(=O)c2ccccc2)Nc2cccc(C)c2)c1C. The maximum absolute atomic E-state index is 12.7. The molecule has 0 saturated carbocycles. The smallest absolute Gasteiger partial charge is 0.257 e. The molecule has 6 nitrogen and oxygen atoms in total. The molecule has 0 spiro atoms. The van der Waals surface area contributed by atoms with Crippen molar-refractivity contribution in [2.24, 2.45) is 4.99 Å². The lowest BCUT2D eigenvalue weighted by atomic mass is 10.1. The number of hydrogen-bond donors (Lipinski definition) is 2. The number of carbonyl (C=O) groups excluding carboxylic acids is 1. The summed E-state index contributed by atoms with van der Waals surface area (Å²) in [6.07, 6.45) is 0.762. The number of guanidine groups is 1. The fourth-order valence-corrected chi connectivity index (χ4v) is 3.42. The Morgan fingerprint density at radius 3 is 2.50 bits per heavy atom. The number of rotatable bonds is 6. The molecule has 0 fully saturated rings. The van der Waals surface area contributed by atoms with Gasteiger partial charge in [-0.05, 0) is 69.5 Å². The van der Waals surface area contributed by atoms with Crippen LogP contribution in [0.3, 0.4) is 0 Å². The van der Waals surface area contributed by atoms with Crippen LogP contribution in [-0.4, -0.2) is 28.2 Å². The van der Waals surface area contributed by atoms with Gasteiger partial charge in [0, 0.05) is 30.0 Å². The van der Waals surface area contributed by atoms with Gasteiger partial charge in [0.25, 0.3) is 5.91 Å². The van der Waals surface area contributed by atoms with Crippen LogP contribution in [0.15, 0.2) is 59.6 Å². The van der Waals surface area contributed by atoms with Gasteiger partial charge in [0.1, 0.15) is 0 Å². The van der Waals surface area contributed by atoms with E-state index in [1.807, 2.05) is 61.0 Å². The maximum atomic E-state index is 12.7. The van der Waals surface area contributed by atoms with Crippen molar-refractivity contribution < 1.29 is 4.79 Å². The van der Waals surface area contributed by atoms with E-state index in [9.17, 15) is 4.79 Å². The molecule has 0 aliphatic heterocycles. The Morgan fingerprint density at radius 1 is 1.07 bits per heavy atom. The van der Waals surface area contributed by atoms with E-state index in [0.29, 0.717) is 18.1 Å². The lowest BCUT2D eigenvalue weighted by Crippen LogP contribution is -2.36. The van der Waals surface area contributed by atoms with Crippen molar-refractivity contribution in [3.63, 3.8) is 0 Å². The number of benzene rings is 2. The Labute approximate surface area is 178 Å². The van der Waals surface area contributed by atoms with E-state index in [2.05, 4.69) is 34.6 Å². The molecule has 30 heavy (non-hydrogen) atoms. The zero-order chi connectivity index (χ0) is 21.5. The third-order valence-corrected chi connectivity index (χ3v) is 5.01. The van der Waals surface area contributed by atoms with Crippen molar-refractivity contribution in [2.45, 2.75) is 40.7 Å². The average Bonchev–Trinajstić information content (AvgIpc) is 3.02. The van der Waals surface area contributed by atoms with Crippen LogP contribution in [0.2, 0.25) is 0 Å². The molecule has 0 aliphatic carbocycles. The molecule has 1 amide bonds. The first kappa shape index (κ1) is 21.3. The molecule has 3 aromatic rings. The zero-order valence-electron chi connectivity index (χ0n) is 18.1. The van der Waals surface area contributed by atoms with Crippen molar-refractivity contribution in [2.75, 3.05) is 11.9 Å². The molecular formula is C24H29N5O. The molecule has 0 bridgehead atoms. The molecule has 6 heteroatoms. The van der Waals surface area contributed by atoms with Gasteiger partial charge >= 0.3 is 0 Å². The first-order valence-corrected chi connectivity index (χ1v) is 10.3. The molecule has 0 aliphatic rings. The molecule has 1 aromatic heterocycles. The molecule has 0 radical (unpaired) electrons. The number of amides is 1. The topological polar surface area (TPSA) is 71.3 Å².